The lowest BCUT2D eigenvalue weighted by Gasteiger charge is -2.18. The highest BCUT2D eigenvalue weighted by Crippen LogP contribution is 2.21. The normalized spacial score (nSPS) is 9.79. The summed E-state index contributed by atoms with van der Waals surface area (Å²) in [7, 11) is 0. The van der Waals surface area contributed by atoms with Crippen LogP contribution in [-0.2, 0) is 9.59 Å². The zero-order valence-electron chi connectivity index (χ0n) is 10.9. The number of carbonyl (C=O) groups excluding carboxylic acids is 2. The summed E-state index contributed by atoms with van der Waals surface area (Å²) >= 11 is 3.36. The van der Waals surface area contributed by atoms with Crippen LogP contribution in [0.5, 0.6) is 0 Å². The molecule has 0 aliphatic rings. The first-order valence-corrected chi connectivity index (χ1v) is 6.74. The third-order valence-electron chi connectivity index (χ3n) is 2.55. The lowest BCUT2D eigenvalue weighted by Crippen LogP contribution is -2.32. The molecule has 0 unspecified atom stereocenters. The minimum Gasteiger partial charge on any atom is -0.339 e. The second-order valence-corrected chi connectivity index (χ2v) is 4.89. The van der Waals surface area contributed by atoms with Gasteiger partial charge in [-0.1, -0.05) is 18.2 Å². The van der Waals surface area contributed by atoms with E-state index < -0.39 is 0 Å². The zero-order valence-corrected chi connectivity index (χ0v) is 12.4. The van der Waals surface area contributed by atoms with Gasteiger partial charge in [0, 0.05) is 30.9 Å². The van der Waals surface area contributed by atoms with Crippen molar-refractivity contribution in [3.63, 3.8) is 0 Å². The maximum absolute atomic E-state index is 11.8. The number of para-hydroxylation sites is 1. The summed E-state index contributed by atoms with van der Waals surface area (Å²) in [5, 5.41) is 2.80. The molecule has 1 aromatic carbocycles. The monoisotopic (exact) mass is 324 g/mol. The molecule has 0 saturated carbocycles. The van der Waals surface area contributed by atoms with Gasteiger partial charge in [-0.25, -0.2) is 0 Å². The van der Waals surface area contributed by atoms with Crippen LogP contribution in [0.3, 0.4) is 0 Å². The van der Waals surface area contributed by atoms with Crippen LogP contribution in [-0.4, -0.2) is 29.8 Å². The average Bonchev–Trinajstić information content (AvgIpc) is 2.37. The fraction of sp³-hybridized carbons (Fsp3) is 0.286. The smallest absolute Gasteiger partial charge is 0.226 e. The zero-order chi connectivity index (χ0) is 14.3. The van der Waals surface area contributed by atoms with E-state index in [1.54, 1.807) is 11.0 Å². The number of benzene rings is 1. The molecule has 0 aromatic heterocycles. The molecule has 4 nitrogen and oxygen atoms in total. The maximum Gasteiger partial charge on any atom is 0.226 e. The van der Waals surface area contributed by atoms with Crippen molar-refractivity contribution in [2.45, 2.75) is 13.3 Å². The van der Waals surface area contributed by atoms with E-state index in [9.17, 15) is 9.59 Å². The Bertz CT molecular complexity index is 474. The van der Waals surface area contributed by atoms with E-state index >= 15 is 0 Å². The lowest BCUT2D eigenvalue weighted by atomic mass is 10.3. The van der Waals surface area contributed by atoms with E-state index in [0.717, 1.165) is 10.2 Å². The summed E-state index contributed by atoms with van der Waals surface area (Å²) in [4.78, 5) is 24.7. The van der Waals surface area contributed by atoms with Crippen LogP contribution in [0.25, 0.3) is 0 Å². The van der Waals surface area contributed by atoms with Crippen molar-refractivity contribution >= 4 is 33.4 Å². The van der Waals surface area contributed by atoms with Crippen molar-refractivity contribution in [1.82, 2.24) is 4.90 Å². The Hall–Kier alpha value is -1.62. The Morgan fingerprint density at radius 3 is 2.68 bits per heavy atom. The molecule has 1 N–H and O–H groups in total. The molecule has 1 aromatic rings. The second-order valence-electron chi connectivity index (χ2n) is 4.03. The van der Waals surface area contributed by atoms with Crippen molar-refractivity contribution in [3.8, 4) is 0 Å². The summed E-state index contributed by atoms with van der Waals surface area (Å²) < 4.78 is 0.831. The Kier molecular flexibility index (Phi) is 6.29. The molecule has 5 heteroatoms. The summed E-state index contributed by atoms with van der Waals surface area (Å²) in [6.45, 7) is 5.91. The number of nitrogens with one attached hydrogen (secondary N) is 1. The maximum atomic E-state index is 11.8. The van der Waals surface area contributed by atoms with Crippen LogP contribution in [0.1, 0.15) is 13.3 Å². The molecule has 0 radical (unpaired) electrons. The molecular formula is C14H17BrN2O2. The van der Waals surface area contributed by atoms with Crippen LogP contribution >= 0.6 is 15.9 Å². The van der Waals surface area contributed by atoms with Crippen molar-refractivity contribution in [1.29, 1.82) is 0 Å². The number of halogens is 1. The highest BCUT2D eigenvalue weighted by atomic mass is 79.9. The minimum absolute atomic E-state index is 0.0615. The van der Waals surface area contributed by atoms with Crippen LogP contribution in [0.2, 0.25) is 0 Å². The van der Waals surface area contributed by atoms with Crippen molar-refractivity contribution in [2.75, 3.05) is 18.4 Å². The molecule has 0 aliphatic carbocycles. The number of nitrogens with zero attached hydrogens (tertiary/aromatic N) is 1. The number of rotatable bonds is 6. The Labute approximate surface area is 121 Å². The molecule has 2 amide bonds. The number of amides is 2. The molecule has 1 rings (SSSR count). The summed E-state index contributed by atoms with van der Waals surface area (Å²) in [5.41, 5.74) is 0.727. The van der Waals surface area contributed by atoms with Crippen molar-refractivity contribution < 1.29 is 9.59 Å². The third-order valence-corrected chi connectivity index (χ3v) is 3.24. The van der Waals surface area contributed by atoms with Gasteiger partial charge in [-0.05, 0) is 28.1 Å². The molecule has 0 heterocycles. The minimum atomic E-state index is -0.123. The van der Waals surface area contributed by atoms with Crippen LogP contribution < -0.4 is 5.32 Å². The first-order valence-electron chi connectivity index (χ1n) is 5.95. The average molecular weight is 325 g/mol. The quantitative estimate of drug-likeness (QED) is 0.818. The summed E-state index contributed by atoms with van der Waals surface area (Å²) in [6.07, 6.45) is 1.90. The fourth-order valence-electron chi connectivity index (χ4n) is 1.54. The number of anilines is 1. The molecule has 0 aliphatic heterocycles. The first-order chi connectivity index (χ1) is 9.04. The predicted octanol–water partition coefficient (Wildman–Crippen LogP) is 2.81. The van der Waals surface area contributed by atoms with Gasteiger partial charge < -0.3 is 10.2 Å². The molecule has 0 saturated heterocycles. The number of carbonyl (C=O) groups is 2. The Morgan fingerprint density at radius 2 is 2.11 bits per heavy atom. The van der Waals surface area contributed by atoms with Crippen LogP contribution in [0.4, 0.5) is 5.69 Å². The predicted molar refractivity (Wildman–Crippen MR) is 79.8 cm³/mol. The molecule has 19 heavy (non-hydrogen) atoms. The Morgan fingerprint density at radius 1 is 1.42 bits per heavy atom. The van der Waals surface area contributed by atoms with Gasteiger partial charge in [0.2, 0.25) is 11.8 Å². The van der Waals surface area contributed by atoms with E-state index in [4.69, 9.17) is 0 Å². The van der Waals surface area contributed by atoms with Gasteiger partial charge in [0.25, 0.3) is 0 Å². The van der Waals surface area contributed by atoms with Gasteiger partial charge in [0.1, 0.15) is 0 Å². The molecule has 0 atom stereocenters. The largest absolute Gasteiger partial charge is 0.339 e. The lowest BCUT2D eigenvalue weighted by molar-refractivity contribution is -0.128. The van der Waals surface area contributed by atoms with Gasteiger partial charge in [-0.2, -0.15) is 0 Å². The fourth-order valence-corrected chi connectivity index (χ4v) is 1.93. The first kappa shape index (κ1) is 15.4. The van der Waals surface area contributed by atoms with Gasteiger partial charge in [0.05, 0.1) is 5.69 Å². The van der Waals surface area contributed by atoms with E-state index in [-0.39, 0.29) is 18.2 Å². The third kappa shape index (κ3) is 5.26. The standard InChI is InChI=1S/C14H17BrN2O2/c1-3-9-17(11(2)18)10-8-14(19)16-13-7-5-4-6-12(13)15/h3-7H,1,8-10H2,2H3,(H,16,19). The number of hydrogen-bond donors (Lipinski definition) is 1. The highest BCUT2D eigenvalue weighted by molar-refractivity contribution is 9.10. The van der Waals surface area contributed by atoms with Crippen molar-refractivity contribution in [3.05, 3.63) is 41.4 Å². The highest BCUT2D eigenvalue weighted by Gasteiger charge is 2.10. The van der Waals surface area contributed by atoms with Gasteiger partial charge >= 0.3 is 0 Å². The van der Waals surface area contributed by atoms with E-state index in [0.29, 0.717) is 13.1 Å². The molecule has 102 valence electrons. The van der Waals surface area contributed by atoms with Crippen molar-refractivity contribution in [2.24, 2.45) is 0 Å². The van der Waals surface area contributed by atoms with Crippen LogP contribution in [0.15, 0.2) is 41.4 Å². The number of hydrogen-bond acceptors (Lipinski definition) is 2. The van der Waals surface area contributed by atoms with E-state index in [1.807, 2.05) is 24.3 Å². The van der Waals surface area contributed by atoms with Crippen LogP contribution in [0, 0.1) is 0 Å². The molecule has 0 bridgehead atoms. The van der Waals surface area contributed by atoms with Gasteiger partial charge in [-0.15, -0.1) is 6.58 Å². The Balaban J connectivity index is 2.49. The van der Waals surface area contributed by atoms with Gasteiger partial charge in [-0.3, -0.25) is 9.59 Å². The van der Waals surface area contributed by atoms with Gasteiger partial charge in [0.15, 0.2) is 0 Å². The molecular weight excluding hydrogens is 308 g/mol. The topological polar surface area (TPSA) is 49.4 Å². The van der Waals surface area contributed by atoms with E-state index in [2.05, 4.69) is 27.8 Å². The van der Waals surface area contributed by atoms with E-state index in [1.165, 1.54) is 6.92 Å². The summed E-state index contributed by atoms with van der Waals surface area (Å²) in [6, 6.07) is 7.39. The SMILES string of the molecule is C=CCN(CCC(=O)Nc1ccccc1Br)C(C)=O. The molecule has 0 spiro atoms. The molecule has 0 fully saturated rings. The second kappa shape index (κ2) is 7.74. The summed E-state index contributed by atoms with van der Waals surface area (Å²) in [5.74, 6) is -0.184.